The quantitative estimate of drug-likeness (QED) is 0.342. The van der Waals surface area contributed by atoms with E-state index in [0.29, 0.717) is 12.1 Å². The Morgan fingerprint density at radius 1 is 0.950 bits per heavy atom. The number of halogens is 1. The first-order chi connectivity index (χ1) is 18.9. The Bertz CT molecular complexity index is 1430. The van der Waals surface area contributed by atoms with Gasteiger partial charge < -0.3 is 10.2 Å². The lowest BCUT2D eigenvalue weighted by atomic mass is 10.0. The van der Waals surface area contributed by atoms with Gasteiger partial charge in [-0.25, -0.2) is 12.8 Å². The lowest BCUT2D eigenvalue weighted by molar-refractivity contribution is -0.140. The van der Waals surface area contributed by atoms with Crippen molar-refractivity contribution in [3.05, 3.63) is 101 Å². The molecule has 9 heteroatoms. The Morgan fingerprint density at radius 3 is 2.20 bits per heavy atom. The van der Waals surface area contributed by atoms with Crippen LogP contribution in [0.2, 0.25) is 0 Å². The van der Waals surface area contributed by atoms with Crippen LogP contribution in [-0.2, 0) is 32.6 Å². The summed E-state index contributed by atoms with van der Waals surface area (Å²) in [6, 6.07) is 19.3. The van der Waals surface area contributed by atoms with Crippen LogP contribution in [0.5, 0.6) is 0 Å². The SMILES string of the molecule is CC[C@@H](C)NC(=O)[C@H](Cc1ccccc1)N(Cc1ccccc1F)C(=O)CN(c1ccc(C)c(C)c1)S(C)(=O)=O. The van der Waals surface area contributed by atoms with Crippen LogP contribution in [0.1, 0.15) is 42.5 Å². The number of anilines is 1. The summed E-state index contributed by atoms with van der Waals surface area (Å²) in [4.78, 5) is 29.0. The van der Waals surface area contributed by atoms with E-state index in [1.54, 1.807) is 36.4 Å². The fraction of sp³-hybridized carbons (Fsp3) is 0.355. The van der Waals surface area contributed by atoms with E-state index in [9.17, 15) is 22.4 Å². The monoisotopic (exact) mass is 567 g/mol. The standard InChI is InChI=1S/C31H38FN3O4S/c1-6-24(4)33-31(37)29(19-25-12-8-7-9-13-25)34(20-26-14-10-11-15-28(26)32)30(36)21-35(40(5,38)39)27-17-16-22(2)23(3)18-27/h7-18,24,29H,6,19-21H2,1-5H3,(H,33,37)/t24-,29+/m1/s1. The molecule has 0 saturated carbocycles. The van der Waals surface area contributed by atoms with Gasteiger partial charge >= 0.3 is 0 Å². The van der Waals surface area contributed by atoms with Crippen molar-refractivity contribution < 1.29 is 22.4 Å². The van der Waals surface area contributed by atoms with Crippen molar-refractivity contribution >= 4 is 27.5 Å². The zero-order valence-electron chi connectivity index (χ0n) is 23.7. The molecule has 0 aromatic heterocycles. The molecule has 214 valence electrons. The van der Waals surface area contributed by atoms with Gasteiger partial charge in [0.15, 0.2) is 0 Å². The van der Waals surface area contributed by atoms with Gasteiger partial charge in [0.2, 0.25) is 21.8 Å². The number of rotatable bonds is 12. The third-order valence-electron chi connectivity index (χ3n) is 7.03. The van der Waals surface area contributed by atoms with Gasteiger partial charge in [0.25, 0.3) is 0 Å². The maximum atomic E-state index is 14.8. The minimum atomic E-state index is -3.87. The predicted octanol–water partition coefficient (Wildman–Crippen LogP) is 4.76. The molecule has 2 atom stereocenters. The second-order valence-corrected chi connectivity index (χ2v) is 12.1. The molecular weight excluding hydrogens is 529 g/mol. The molecule has 0 unspecified atom stereocenters. The number of nitrogens with zero attached hydrogens (tertiary/aromatic N) is 2. The van der Waals surface area contributed by atoms with Gasteiger partial charge in [-0.1, -0.05) is 61.5 Å². The van der Waals surface area contributed by atoms with Gasteiger partial charge in [0.1, 0.15) is 18.4 Å². The highest BCUT2D eigenvalue weighted by molar-refractivity contribution is 7.92. The van der Waals surface area contributed by atoms with E-state index in [0.717, 1.165) is 27.3 Å². The Morgan fingerprint density at radius 2 is 1.60 bits per heavy atom. The molecule has 3 aromatic rings. The summed E-state index contributed by atoms with van der Waals surface area (Å²) >= 11 is 0. The minimum Gasteiger partial charge on any atom is -0.352 e. The molecule has 0 fully saturated rings. The van der Waals surface area contributed by atoms with E-state index in [-0.39, 0.29) is 30.5 Å². The number of hydrogen-bond donors (Lipinski definition) is 1. The van der Waals surface area contributed by atoms with Crippen molar-refractivity contribution in [2.45, 2.75) is 59.2 Å². The second kappa shape index (κ2) is 13.6. The highest BCUT2D eigenvalue weighted by Gasteiger charge is 2.33. The molecule has 0 heterocycles. The molecule has 0 saturated heterocycles. The third-order valence-corrected chi connectivity index (χ3v) is 8.17. The van der Waals surface area contributed by atoms with E-state index in [1.807, 2.05) is 58.0 Å². The number of carbonyl (C=O) groups excluding carboxylic acids is 2. The molecule has 40 heavy (non-hydrogen) atoms. The van der Waals surface area contributed by atoms with Crippen LogP contribution in [0, 0.1) is 19.7 Å². The van der Waals surface area contributed by atoms with Gasteiger partial charge in [-0.2, -0.15) is 0 Å². The number of carbonyl (C=O) groups is 2. The molecule has 2 amide bonds. The van der Waals surface area contributed by atoms with Gasteiger partial charge in [-0.3, -0.25) is 13.9 Å². The molecule has 0 spiro atoms. The molecule has 0 aliphatic carbocycles. The van der Waals surface area contributed by atoms with E-state index in [2.05, 4.69) is 5.32 Å². The summed E-state index contributed by atoms with van der Waals surface area (Å²) in [5.41, 5.74) is 3.23. The van der Waals surface area contributed by atoms with E-state index in [1.165, 1.54) is 11.0 Å². The zero-order chi connectivity index (χ0) is 29.4. The molecule has 0 bridgehead atoms. The van der Waals surface area contributed by atoms with Crippen molar-refractivity contribution in [2.75, 3.05) is 17.1 Å². The normalized spacial score (nSPS) is 12.8. The van der Waals surface area contributed by atoms with Crippen LogP contribution >= 0.6 is 0 Å². The molecule has 7 nitrogen and oxygen atoms in total. The van der Waals surface area contributed by atoms with Gasteiger partial charge in [0, 0.05) is 24.6 Å². The van der Waals surface area contributed by atoms with E-state index < -0.39 is 34.3 Å². The number of nitrogens with one attached hydrogen (secondary N) is 1. The number of aryl methyl sites for hydroxylation is 2. The molecule has 0 radical (unpaired) electrons. The molecule has 3 aromatic carbocycles. The van der Waals surface area contributed by atoms with Crippen LogP contribution < -0.4 is 9.62 Å². The first-order valence-electron chi connectivity index (χ1n) is 13.3. The van der Waals surface area contributed by atoms with Crippen LogP contribution in [0.3, 0.4) is 0 Å². The second-order valence-electron chi connectivity index (χ2n) is 10.2. The summed E-state index contributed by atoms with van der Waals surface area (Å²) in [6.07, 6.45) is 1.89. The molecule has 1 N–H and O–H groups in total. The maximum absolute atomic E-state index is 14.8. The first kappa shape index (κ1) is 30.8. The molecule has 0 aliphatic rings. The fourth-order valence-electron chi connectivity index (χ4n) is 4.30. The number of benzene rings is 3. The number of sulfonamides is 1. The average molecular weight is 568 g/mol. The highest BCUT2D eigenvalue weighted by atomic mass is 32.2. The first-order valence-corrected chi connectivity index (χ1v) is 15.2. The molecule has 0 aliphatic heterocycles. The Kier molecular flexibility index (Phi) is 10.5. The van der Waals surface area contributed by atoms with Crippen LogP contribution in [0.15, 0.2) is 72.8 Å². The van der Waals surface area contributed by atoms with Crippen molar-refractivity contribution in [2.24, 2.45) is 0 Å². The Labute approximate surface area is 237 Å². The topological polar surface area (TPSA) is 86.8 Å². The van der Waals surface area contributed by atoms with Crippen LogP contribution in [0.4, 0.5) is 10.1 Å². The molecule has 3 rings (SSSR count). The summed E-state index contributed by atoms with van der Waals surface area (Å²) < 4.78 is 41.6. The van der Waals surface area contributed by atoms with Crippen LogP contribution in [0.25, 0.3) is 0 Å². The van der Waals surface area contributed by atoms with Crippen molar-refractivity contribution in [1.29, 1.82) is 0 Å². The lowest BCUT2D eigenvalue weighted by Gasteiger charge is -2.34. The zero-order valence-corrected chi connectivity index (χ0v) is 24.5. The summed E-state index contributed by atoms with van der Waals surface area (Å²) in [5.74, 6) is -1.53. The highest BCUT2D eigenvalue weighted by Crippen LogP contribution is 2.23. The Hall–Kier alpha value is -3.72. The van der Waals surface area contributed by atoms with E-state index in [4.69, 9.17) is 0 Å². The lowest BCUT2D eigenvalue weighted by Crippen LogP contribution is -2.54. The smallest absolute Gasteiger partial charge is 0.244 e. The average Bonchev–Trinajstić information content (AvgIpc) is 2.91. The van der Waals surface area contributed by atoms with Gasteiger partial charge in [-0.15, -0.1) is 0 Å². The number of hydrogen-bond acceptors (Lipinski definition) is 4. The van der Waals surface area contributed by atoms with Crippen molar-refractivity contribution in [3.8, 4) is 0 Å². The predicted molar refractivity (Wildman–Crippen MR) is 157 cm³/mol. The molecular formula is C31H38FN3O4S. The van der Waals surface area contributed by atoms with Crippen molar-refractivity contribution in [1.82, 2.24) is 10.2 Å². The number of amides is 2. The largest absolute Gasteiger partial charge is 0.352 e. The fourth-order valence-corrected chi connectivity index (χ4v) is 5.14. The third kappa shape index (κ3) is 8.14. The maximum Gasteiger partial charge on any atom is 0.244 e. The summed E-state index contributed by atoms with van der Waals surface area (Å²) in [5, 5.41) is 2.96. The van der Waals surface area contributed by atoms with Crippen LogP contribution in [-0.4, -0.2) is 50.0 Å². The van der Waals surface area contributed by atoms with Gasteiger partial charge in [-0.05, 0) is 62.1 Å². The summed E-state index contributed by atoms with van der Waals surface area (Å²) in [6.45, 7) is 6.83. The van der Waals surface area contributed by atoms with E-state index >= 15 is 0 Å². The Balaban J connectivity index is 2.08. The van der Waals surface area contributed by atoms with Gasteiger partial charge in [0.05, 0.1) is 11.9 Å². The summed E-state index contributed by atoms with van der Waals surface area (Å²) in [7, 11) is -3.87. The van der Waals surface area contributed by atoms with Crippen molar-refractivity contribution in [3.63, 3.8) is 0 Å². The minimum absolute atomic E-state index is 0.153.